The van der Waals surface area contributed by atoms with Crippen molar-refractivity contribution in [2.24, 2.45) is 0 Å². The number of aliphatic hydroxyl groups is 1. The van der Waals surface area contributed by atoms with Crippen molar-refractivity contribution >= 4 is 23.6 Å². The van der Waals surface area contributed by atoms with Crippen LogP contribution in [-0.4, -0.2) is 19.8 Å². The number of hydrogen-bond donors (Lipinski definition) is 1. The second-order valence-electron chi connectivity index (χ2n) is 6.18. The van der Waals surface area contributed by atoms with Crippen LogP contribution in [0, 0.1) is 0 Å². The molecule has 1 N–H and O–H groups in total. The van der Waals surface area contributed by atoms with Crippen LogP contribution in [0.4, 0.5) is 0 Å². The molecule has 1 nitrogen and oxygen atoms in total. The maximum atomic E-state index is 9.29. The average molecular weight is 333 g/mol. The second kappa shape index (κ2) is 8.09. The van der Waals surface area contributed by atoms with E-state index in [4.69, 9.17) is 0 Å². The predicted octanol–water partition coefficient (Wildman–Crippen LogP) is 2.93. The van der Waals surface area contributed by atoms with Crippen molar-refractivity contribution in [3.63, 3.8) is 0 Å². The maximum Gasteiger partial charge on any atom is 0.148 e. The molecule has 0 amide bonds. The van der Waals surface area contributed by atoms with E-state index in [1.165, 1.54) is 15.6 Å². The van der Waals surface area contributed by atoms with Crippen LogP contribution in [0.2, 0.25) is 6.04 Å². The minimum Gasteiger partial charge on any atom is -0.396 e. The van der Waals surface area contributed by atoms with Gasteiger partial charge in [-0.2, -0.15) is 0 Å². The first kappa shape index (κ1) is 16.7. The van der Waals surface area contributed by atoms with Crippen molar-refractivity contribution in [1.82, 2.24) is 0 Å². The van der Waals surface area contributed by atoms with Crippen LogP contribution in [0.5, 0.6) is 0 Å². The normalized spacial score (nSPS) is 11.4. The third kappa shape index (κ3) is 3.35. The molecule has 0 unspecified atom stereocenters. The van der Waals surface area contributed by atoms with Crippen molar-refractivity contribution in [1.29, 1.82) is 0 Å². The Bertz CT molecular complexity index is 629. The summed E-state index contributed by atoms with van der Waals surface area (Å²) < 4.78 is 0. The van der Waals surface area contributed by atoms with E-state index in [1.54, 1.807) is 0 Å². The molecule has 0 saturated carbocycles. The van der Waals surface area contributed by atoms with Gasteiger partial charge in [0.25, 0.3) is 0 Å². The van der Waals surface area contributed by atoms with Gasteiger partial charge < -0.3 is 5.11 Å². The van der Waals surface area contributed by atoms with Gasteiger partial charge in [0.05, 0.1) is 0 Å². The molecule has 0 fully saturated rings. The molecule has 24 heavy (non-hydrogen) atoms. The van der Waals surface area contributed by atoms with E-state index in [2.05, 4.69) is 91.0 Å². The molecular weight excluding hydrogens is 308 g/mol. The van der Waals surface area contributed by atoms with Gasteiger partial charge in [0.1, 0.15) is 8.07 Å². The van der Waals surface area contributed by atoms with Crippen LogP contribution in [0.15, 0.2) is 91.0 Å². The number of benzene rings is 3. The molecule has 0 bridgehead atoms. The molecule has 0 aromatic heterocycles. The fraction of sp³-hybridized carbons (Fsp3) is 0.182. The van der Waals surface area contributed by atoms with E-state index in [0.29, 0.717) is 0 Å². The van der Waals surface area contributed by atoms with E-state index in [-0.39, 0.29) is 6.61 Å². The molecule has 0 spiro atoms. The van der Waals surface area contributed by atoms with Crippen molar-refractivity contribution in [2.75, 3.05) is 6.61 Å². The summed E-state index contributed by atoms with van der Waals surface area (Å²) in [7, 11) is -2.07. The monoisotopic (exact) mass is 332 g/mol. The van der Waals surface area contributed by atoms with Gasteiger partial charge in [0.2, 0.25) is 0 Å². The first-order valence-corrected chi connectivity index (χ1v) is 10.9. The molecule has 0 saturated heterocycles. The Labute approximate surface area is 145 Å². The molecule has 2 heteroatoms. The summed E-state index contributed by atoms with van der Waals surface area (Å²) in [5.41, 5.74) is 0. The first-order valence-electron chi connectivity index (χ1n) is 8.65. The highest BCUT2D eigenvalue weighted by Gasteiger charge is 2.38. The molecule has 0 heterocycles. The molecule has 3 aromatic rings. The van der Waals surface area contributed by atoms with Crippen molar-refractivity contribution in [3.8, 4) is 0 Å². The summed E-state index contributed by atoms with van der Waals surface area (Å²) in [5, 5.41) is 13.6. The molecule has 0 aliphatic rings. The summed E-state index contributed by atoms with van der Waals surface area (Å²) >= 11 is 0. The smallest absolute Gasteiger partial charge is 0.148 e. The fourth-order valence-corrected chi connectivity index (χ4v) is 8.53. The molecule has 0 radical (unpaired) electrons. The highest BCUT2D eigenvalue weighted by Crippen LogP contribution is 2.16. The lowest BCUT2D eigenvalue weighted by Crippen LogP contribution is -2.66. The van der Waals surface area contributed by atoms with Gasteiger partial charge in [-0.3, -0.25) is 0 Å². The minimum atomic E-state index is -2.07. The summed E-state index contributed by atoms with van der Waals surface area (Å²) in [4.78, 5) is 0. The number of unbranched alkanes of at least 4 members (excludes halogenated alkanes) is 1. The molecule has 3 rings (SSSR count). The molecular formula is C22H24OSi. The lowest BCUT2D eigenvalue weighted by atomic mass is 10.3. The number of aliphatic hydroxyl groups excluding tert-OH is 1. The Morgan fingerprint density at radius 3 is 1.25 bits per heavy atom. The Kier molecular flexibility index (Phi) is 5.62. The standard InChI is InChI=1S/C22H24OSi/c23-18-10-11-19-24(20-12-4-1-5-13-20,21-14-6-2-7-15-21)22-16-8-3-9-17-22/h1-9,12-17,23H,10-11,18-19H2. The zero-order valence-corrected chi connectivity index (χ0v) is 14.9. The van der Waals surface area contributed by atoms with Crippen molar-refractivity contribution < 1.29 is 5.11 Å². The van der Waals surface area contributed by atoms with Crippen LogP contribution in [0.25, 0.3) is 0 Å². The van der Waals surface area contributed by atoms with Gasteiger partial charge in [-0.25, -0.2) is 0 Å². The van der Waals surface area contributed by atoms with Gasteiger partial charge in [-0.15, -0.1) is 0 Å². The van der Waals surface area contributed by atoms with E-state index < -0.39 is 8.07 Å². The summed E-state index contributed by atoms with van der Waals surface area (Å²) in [6.45, 7) is 0.267. The topological polar surface area (TPSA) is 20.2 Å². The molecule has 3 aromatic carbocycles. The molecule has 0 aliphatic carbocycles. The maximum absolute atomic E-state index is 9.29. The third-order valence-electron chi connectivity index (χ3n) is 4.76. The van der Waals surface area contributed by atoms with Gasteiger partial charge in [-0.05, 0) is 28.0 Å². The molecule has 0 aliphatic heterocycles. The Balaban J connectivity index is 2.20. The largest absolute Gasteiger partial charge is 0.396 e. The van der Waals surface area contributed by atoms with Gasteiger partial charge >= 0.3 is 0 Å². The Morgan fingerprint density at radius 2 is 0.917 bits per heavy atom. The SMILES string of the molecule is OCCCC[Si](c1ccccc1)(c1ccccc1)c1ccccc1. The fourth-order valence-electron chi connectivity index (χ4n) is 3.60. The Morgan fingerprint density at radius 1 is 0.542 bits per heavy atom. The highest BCUT2D eigenvalue weighted by atomic mass is 28.3. The number of hydrogen-bond acceptors (Lipinski definition) is 1. The van der Waals surface area contributed by atoms with E-state index in [9.17, 15) is 5.11 Å². The van der Waals surface area contributed by atoms with Crippen molar-refractivity contribution in [2.45, 2.75) is 18.9 Å². The first-order chi connectivity index (χ1) is 11.9. The van der Waals surface area contributed by atoms with Crippen LogP contribution >= 0.6 is 0 Å². The van der Waals surface area contributed by atoms with Crippen LogP contribution in [-0.2, 0) is 0 Å². The lowest BCUT2D eigenvalue weighted by Gasteiger charge is -2.34. The van der Waals surface area contributed by atoms with Gasteiger partial charge in [0, 0.05) is 6.61 Å². The molecule has 0 atom stereocenters. The minimum absolute atomic E-state index is 0.267. The van der Waals surface area contributed by atoms with Gasteiger partial charge in [0.15, 0.2) is 0 Å². The predicted molar refractivity (Wildman–Crippen MR) is 105 cm³/mol. The third-order valence-corrected chi connectivity index (χ3v) is 9.82. The Hall–Kier alpha value is -2.16. The van der Waals surface area contributed by atoms with Crippen molar-refractivity contribution in [3.05, 3.63) is 91.0 Å². The van der Waals surface area contributed by atoms with Crippen LogP contribution in [0.1, 0.15) is 12.8 Å². The summed E-state index contributed by atoms with van der Waals surface area (Å²) in [6.07, 6.45) is 1.91. The number of rotatable bonds is 7. The summed E-state index contributed by atoms with van der Waals surface area (Å²) in [5.74, 6) is 0. The second-order valence-corrected chi connectivity index (χ2v) is 10.2. The zero-order chi connectivity index (χ0) is 16.7. The zero-order valence-electron chi connectivity index (χ0n) is 13.9. The van der Waals surface area contributed by atoms with Crippen LogP contribution < -0.4 is 15.6 Å². The summed E-state index contributed by atoms with van der Waals surface area (Å²) in [6, 6.07) is 34.0. The van der Waals surface area contributed by atoms with E-state index in [1.807, 2.05) is 0 Å². The highest BCUT2D eigenvalue weighted by molar-refractivity contribution is 7.11. The van der Waals surface area contributed by atoms with E-state index >= 15 is 0 Å². The average Bonchev–Trinajstić information content (AvgIpc) is 2.68. The quantitative estimate of drug-likeness (QED) is 0.401. The molecule has 122 valence electrons. The van der Waals surface area contributed by atoms with E-state index in [0.717, 1.165) is 18.9 Å². The lowest BCUT2D eigenvalue weighted by molar-refractivity contribution is 0.287. The van der Waals surface area contributed by atoms with Crippen LogP contribution in [0.3, 0.4) is 0 Å². The van der Waals surface area contributed by atoms with Gasteiger partial charge in [-0.1, -0.05) is 97.4 Å².